The standard InChI is InChI=1S/C17H18N2O4S/c20-15(21)8-9-18-16(22)13(11-12-5-2-1-3-6-12)19-17(23)14-7-4-10-24-14/h1-7,10,13H,8-9,11H2,(H,18,22)(H,19,23)(H,20,21)/p-1/t13-/m1/s1. The molecular formula is C17H17N2O4S-. The SMILES string of the molecule is O=C([O-])CCNC(=O)[C@@H](Cc1ccccc1)NC(=O)c1cccs1. The van der Waals surface area contributed by atoms with E-state index in [-0.39, 0.29) is 18.9 Å². The molecule has 2 amide bonds. The lowest BCUT2D eigenvalue weighted by atomic mass is 10.1. The van der Waals surface area contributed by atoms with Crippen LogP contribution in [0.2, 0.25) is 0 Å². The predicted molar refractivity (Wildman–Crippen MR) is 88.4 cm³/mol. The number of carboxylic acid groups (broad SMARTS) is 1. The topological polar surface area (TPSA) is 98.3 Å². The third-order valence-corrected chi connectivity index (χ3v) is 4.15. The highest BCUT2D eigenvalue weighted by Crippen LogP contribution is 2.10. The Kier molecular flexibility index (Phi) is 6.51. The van der Waals surface area contributed by atoms with Gasteiger partial charge in [-0.1, -0.05) is 36.4 Å². The summed E-state index contributed by atoms with van der Waals surface area (Å²) in [7, 11) is 0. The van der Waals surface area contributed by atoms with Crippen LogP contribution in [0.4, 0.5) is 0 Å². The molecule has 2 aromatic rings. The van der Waals surface area contributed by atoms with Gasteiger partial charge in [0.25, 0.3) is 5.91 Å². The van der Waals surface area contributed by atoms with Gasteiger partial charge in [-0.3, -0.25) is 9.59 Å². The van der Waals surface area contributed by atoms with Crippen molar-refractivity contribution in [2.45, 2.75) is 18.9 Å². The number of rotatable bonds is 8. The summed E-state index contributed by atoms with van der Waals surface area (Å²) in [5.74, 6) is -2.00. The van der Waals surface area contributed by atoms with Crippen LogP contribution in [0.5, 0.6) is 0 Å². The second-order valence-corrected chi connectivity index (χ2v) is 6.05. The van der Waals surface area contributed by atoms with Gasteiger partial charge in [0.1, 0.15) is 6.04 Å². The first-order chi connectivity index (χ1) is 11.6. The van der Waals surface area contributed by atoms with Crippen LogP contribution in [0.25, 0.3) is 0 Å². The number of carbonyl (C=O) groups is 3. The maximum atomic E-state index is 12.3. The number of aliphatic carboxylic acids is 1. The first kappa shape index (κ1) is 17.7. The molecule has 2 N–H and O–H groups in total. The van der Waals surface area contributed by atoms with Crippen LogP contribution < -0.4 is 15.7 Å². The van der Waals surface area contributed by atoms with E-state index in [1.165, 1.54) is 11.3 Å². The zero-order valence-electron chi connectivity index (χ0n) is 12.9. The Balaban J connectivity index is 2.04. The number of carbonyl (C=O) groups excluding carboxylic acids is 3. The average Bonchev–Trinajstić information content (AvgIpc) is 3.09. The molecule has 2 rings (SSSR count). The summed E-state index contributed by atoms with van der Waals surface area (Å²) in [6.45, 7) is -0.0403. The Morgan fingerprint density at radius 3 is 2.46 bits per heavy atom. The average molecular weight is 345 g/mol. The molecule has 0 aliphatic carbocycles. The number of hydrogen-bond acceptors (Lipinski definition) is 5. The summed E-state index contributed by atoms with van der Waals surface area (Å²) in [5, 5.41) is 17.4. The van der Waals surface area contributed by atoms with Crippen molar-refractivity contribution in [3.8, 4) is 0 Å². The molecule has 7 heteroatoms. The third-order valence-electron chi connectivity index (χ3n) is 3.28. The highest BCUT2D eigenvalue weighted by Gasteiger charge is 2.22. The van der Waals surface area contributed by atoms with E-state index in [1.54, 1.807) is 17.5 Å². The molecule has 0 saturated heterocycles. The van der Waals surface area contributed by atoms with Crippen molar-refractivity contribution in [2.24, 2.45) is 0 Å². The summed E-state index contributed by atoms with van der Waals surface area (Å²) < 4.78 is 0. The lowest BCUT2D eigenvalue weighted by Gasteiger charge is -2.18. The van der Waals surface area contributed by atoms with Crippen LogP contribution >= 0.6 is 11.3 Å². The summed E-state index contributed by atoms with van der Waals surface area (Å²) in [5.41, 5.74) is 0.893. The maximum Gasteiger partial charge on any atom is 0.262 e. The molecule has 0 fully saturated rings. The van der Waals surface area contributed by atoms with Crippen molar-refractivity contribution >= 4 is 29.1 Å². The van der Waals surface area contributed by atoms with E-state index in [4.69, 9.17) is 0 Å². The number of hydrogen-bond donors (Lipinski definition) is 2. The molecule has 0 radical (unpaired) electrons. The Morgan fingerprint density at radius 2 is 1.83 bits per heavy atom. The molecule has 1 aromatic heterocycles. The van der Waals surface area contributed by atoms with Crippen LogP contribution in [-0.2, 0) is 16.0 Å². The smallest absolute Gasteiger partial charge is 0.262 e. The zero-order chi connectivity index (χ0) is 17.4. The van der Waals surface area contributed by atoms with Gasteiger partial charge in [-0.15, -0.1) is 11.3 Å². The van der Waals surface area contributed by atoms with Crippen molar-refractivity contribution in [3.05, 3.63) is 58.3 Å². The second-order valence-electron chi connectivity index (χ2n) is 5.11. The van der Waals surface area contributed by atoms with E-state index < -0.39 is 17.9 Å². The summed E-state index contributed by atoms with van der Waals surface area (Å²) in [6, 6.07) is 11.9. The highest BCUT2D eigenvalue weighted by molar-refractivity contribution is 7.12. The highest BCUT2D eigenvalue weighted by atomic mass is 32.1. The number of benzene rings is 1. The number of thiophene rings is 1. The fourth-order valence-electron chi connectivity index (χ4n) is 2.11. The van der Waals surface area contributed by atoms with Gasteiger partial charge < -0.3 is 20.5 Å². The quantitative estimate of drug-likeness (QED) is 0.721. The van der Waals surface area contributed by atoms with Gasteiger partial charge in [-0.25, -0.2) is 0 Å². The van der Waals surface area contributed by atoms with Gasteiger partial charge in [-0.2, -0.15) is 0 Å². The van der Waals surface area contributed by atoms with E-state index in [0.717, 1.165) is 5.56 Å². The Morgan fingerprint density at radius 1 is 1.08 bits per heavy atom. The monoisotopic (exact) mass is 345 g/mol. The lowest BCUT2D eigenvalue weighted by Crippen LogP contribution is -2.48. The van der Waals surface area contributed by atoms with E-state index in [0.29, 0.717) is 11.3 Å². The lowest BCUT2D eigenvalue weighted by molar-refractivity contribution is -0.305. The molecule has 24 heavy (non-hydrogen) atoms. The Hall–Kier alpha value is -2.67. The molecule has 126 valence electrons. The first-order valence-electron chi connectivity index (χ1n) is 7.42. The molecule has 0 spiro atoms. The van der Waals surface area contributed by atoms with E-state index >= 15 is 0 Å². The zero-order valence-corrected chi connectivity index (χ0v) is 13.7. The van der Waals surface area contributed by atoms with Crippen molar-refractivity contribution < 1.29 is 19.5 Å². The van der Waals surface area contributed by atoms with Crippen LogP contribution in [0.3, 0.4) is 0 Å². The van der Waals surface area contributed by atoms with Crippen LogP contribution in [-0.4, -0.2) is 30.4 Å². The van der Waals surface area contributed by atoms with Crippen molar-refractivity contribution in [1.82, 2.24) is 10.6 Å². The summed E-state index contributed by atoms with van der Waals surface area (Å²) >= 11 is 1.28. The third kappa shape index (κ3) is 5.51. The molecule has 0 saturated carbocycles. The van der Waals surface area contributed by atoms with Gasteiger partial charge >= 0.3 is 0 Å². The van der Waals surface area contributed by atoms with E-state index in [9.17, 15) is 19.5 Å². The molecule has 1 heterocycles. The molecule has 6 nitrogen and oxygen atoms in total. The number of carboxylic acids is 1. The Bertz CT molecular complexity index is 686. The minimum Gasteiger partial charge on any atom is -0.550 e. The molecule has 0 aliphatic rings. The van der Waals surface area contributed by atoms with Gasteiger partial charge in [0.05, 0.1) is 4.88 Å². The molecular weight excluding hydrogens is 328 g/mol. The Labute approximate surface area is 143 Å². The second kappa shape index (κ2) is 8.83. The maximum absolute atomic E-state index is 12.3. The first-order valence-corrected chi connectivity index (χ1v) is 8.30. The molecule has 0 aliphatic heterocycles. The predicted octanol–water partition coefficient (Wildman–Crippen LogP) is 0.345. The molecule has 0 bridgehead atoms. The molecule has 1 aromatic carbocycles. The minimum atomic E-state index is -1.24. The molecule has 0 unspecified atom stereocenters. The fourth-order valence-corrected chi connectivity index (χ4v) is 2.73. The fraction of sp³-hybridized carbons (Fsp3) is 0.235. The van der Waals surface area contributed by atoms with Crippen molar-refractivity contribution in [1.29, 1.82) is 0 Å². The minimum absolute atomic E-state index is 0.0403. The number of nitrogens with one attached hydrogen (secondary N) is 2. The van der Waals surface area contributed by atoms with Crippen molar-refractivity contribution in [3.63, 3.8) is 0 Å². The summed E-state index contributed by atoms with van der Waals surface area (Å²) in [4.78, 5) is 35.5. The van der Waals surface area contributed by atoms with Crippen LogP contribution in [0, 0.1) is 0 Å². The number of amides is 2. The van der Waals surface area contributed by atoms with Gasteiger partial charge in [-0.05, 0) is 17.0 Å². The normalized spacial score (nSPS) is 11.5. The van der Waals surface area contributed by atoms with Gasteiger partial charge in [0, 0.05) is 25.4 Å². The van der Waals surface area contributed by atoms with E-state index in [2.05, 4.69) is 10.6 Å². The largest absolute Gasteiger partial charge is 0.550 e. The summed E-state index contributed by atoms with van der Waals surface area (Å²) in [6.07, 6.45) is 0.0395. The van der Waals surface area contributed by atoms with Gasteiger partial charge in [0.15, 0.2) is 0 Å². The van der Waals surface area contributed by atoms with E-state index in [1.807, 2.05) is 30.3 Å². The van der Waals surface area contributed by atoms with Crippen LogP contribution in [0.1, 0.15) is 21.7 Å². The van der Waals surface area contributed by atoms with Crippen LogP contribution in [0.15, 0.2) is 47.8 Å². The van der Waals surface area contributed by atoms with Gasteiger partial charge in [0.2, 0.25) is 5.91 Å². The van der Waals surface area contributed by atoms with Crippen molar-refractivity contribution in [2.75, 3.05) is 6.54 Å². The molecule has 1 atom stereocenters.